The molecule has 0 saturated heterocycles. The number of fused-ring (bicyclic) bond motifs is 4. The van der Waals surface area contributed by atoms with Crippen LogP contribution in [0.5, 0.6) is 5.88 Å². The van der Waals surface area contributed by atoms with Crippen molar-refractivity contribution in [2.45, 2.75) is 71.3 Å². The van der Waals surface area contributed by atoms with E-state index in [1.54, 1.807) is 30.3 Å². The molecule has 6 rings (SSSR count). The molecule has 3 amide bonds. The molecule has 1 aliphatic rings. The number of aromatic nitrogens is 3. The molecule has 0 spiro atoms. The summed E-state index contributed by atoms with van der Waals surface area (Å²) in [6, 6.07) is 16.3. The van der Waals surface area contributed by atoms with Crippen LogP contribution in [0.1, 0.15) is 84.6 Å². The van der Waals surface area contributed by atoms with Crippen molar-refractivity contribution in [3.8, 4) is 17.0 Å². The third-order valence-corrected chi connectivity index (χ3v) is 9.93. The largest absolute Gasteiger partial charge is 0.475 e. The van der Waals surface area contributed by atoms with E-state index in [0.29, 0.717) is 49.7 Å². The average molecular weight is 762 g/mol. The van der Waals surface area contributed by atoms with Crippen molar-refractivity contribution >= 4 is 39.5 Å². The number of ether oxygens (including phenoxy) is 3. The molecule has 4 heterocycles. The second-order valence-electron chi connectivity index (χ2n) is 13.9. The maximum atomic E-state index is 12.3. The summed E-state index contributed by atoms with van der Waals surface area (Å²) < 4.78 is 19.3. The number of rotatable bonds is 20. The lowest BCUT2D eigenvalue weighted by Gasteiger charge is -2.24. The number of carbonyl (C=O) groups excluding carboxylic acids is 3. The summed E-state index contributed by atoms with van der Waals surface area (Å²) in [4.78, 5) is 46.5. The summed E-state index contributed by atoms with van der Waals surface area (Å²) in [6.45, 7) is 11.3. The van der Waals surface area contributed by atoms with Crippen LogP contribution < -0.4 is 10.1 Å². The number of unbranched alkanes of at least 4 members (excludes halogenated alkanes) is 4. The van der Waals surface area contributed by atoms with Crippen molar-refractivity contribution in [2.24, 2.45) is 7.05 Å². The van der Waals surface area contributed by atoms with E-state index in [0.717, 1.165) is 42.1 Å². The average Bonchev–Trinajstić information content (AvgIpc) is 3.66. The fourth-order valence-electron chi connectivity index (χ4n) is 6.96. The Balaban J connectivity index is 0.000000253. The van der Waals surface area contributed by atoms with Crippen LogP contribution in [0.3, 0.4) is 0 Å². The van der Waals surface area contributed by atoms with Crippen molar-refractivity contribution in [1.82, 2.24) is 24.8 Å². The van der Waals surface area contributed by atoms with E-state index in [1.807, 2.05) is 24.7 Å². The molecule has 5 aromatic rings. The third-order valence-electron chi connectivity index (χ3n) is 9.93. The second kappa shape index (κ2) is 21.1. The fraction of sp³-hybridized carbons (Fsp3) is 0.400. The molecule has 0 fully saturated rings. The Hall–Kier alpha value is -5.39. The molecule has 296 valence electrons. The highest BCUT2D eigenvalue weighted by Gasteiger charge is 2.41. The van der Waals surface area contributed by atoms with Gasteiger partial charge in [-0.05, 0) is 68.0 Å². The van der Waals surface area contributed by atoms with Gasteiger partial charge in [0.15, 0.2) is 0 Å². The fourth-order valence-corrected chi connectivity index (χ4v) is 6.96. The monoisotopic (exact) mass is 761 g/mol. The number of nitrogens with zero attached hydrogens (tertiary/aromatic N) is 4. The van der Waals surface area contributed by atoms with E-state index < -0.39 is 17.9 Å². The molecule has 11 heteroatoms. The number of hydrogen-bond acceptors (Lipinski definition) is 8. The van der Waals surface area contributed by atoms with Gasteiger partial charge in [-0.1, -0.05) is 62.9 Å². The number of benzene rings is 2. The Bertz CT molecular complexity index is 2060. The number of amides is 3. The van der Waals surface area contributed by atoms with Gasteiger partial charge in [0.25, 0.3) is 11.8 Å². The minimum Gasteiger partial charge on any atom is -0.475 e. The van der Waals surface area contributed by atoms with Gasteiger partial charge in [0.05, 0.1) is 23.3 Å². The molecule has 11 nitrogen and oxygen atoms in total. The first-order chi connectivity index (χ1) is 27.3. The molecular weight excluding hydrogens is 707 g/mol. The van der Waals surface area contributed by atoms with E-state index >= 15 is 0 Å². The lowest BCUT2D eigenvalue weighted by Crippen LogP contribution is -2.48. The zero-order valence-electron chi connectivity index (χ0n) is 33.2. The van der Waals surface area contributed by atoms with Crippen LogP contribution in [0.15, 0.2) is 85.8 Å². The number of carbonyl (C=O) groups is 3. The number of pyridine rings is 2. The molecule has 0 aliphatic carbocycles. The predicted octanol–water partition coefficient (Wildman–Crippen LogP) is 8.23. The van der Waals surface area contributed by atoms with Crippen LogP contribution in [0, 0.1) is 6.92 Å². The zero-order chi connectivity index (χ0) is 39.9. The summed E-state index contributed by atoms with van der Waals surface area (Å²) >= 11 is 0. The van der Waals surface area contributed by atoms with Gasteiger partial charge in [-0.3, -0.25) is 24.3 Å². The van der Waals surface area contributed by atoms with Crippen molar-refractivity contribution in [3.05, 3.63) is 103 Å². The standard InChI is InChI=1S/C30H39N3O3.C15H16N2O3/c1-4-5-6-7-8-14-34-15-9-16-35-17-18-36-29-13-11-25(21-32-29)24-10-12-26-27-22-31-20-23(2)30(27)33(3)28(26)19-24;1-3-4-9-12(13(18)16-2)17-14(19)10-7-5-6-8-11(10)15(17)20/h10-13,19-22H,4-9,14-18H2,1-3H3;3,5-8,12H,1,4,9H2,2H3,(H,16,18). The topological polar surface area (TPSA) is 125 Å². The van der Waals surface area contributed by atoms with Gasteiger partial charge >= 0.3 is 0 Å². The SMILES string of the molecule is C=CCCC(C(=O)NC)N1C(=O)c2ccccc2C1=O.CCCCCCCOCCCOCCOc1ccc(-c2ccc3c4cncc(C)c4n(C)c3c2)cn1. The molecule has 0 bridgehead atoms. The highest BCUT2D eigenvalue weighted by Crippen LogP contribution is 2.33. The minimum atomic E-state index is -0.801. The zero-order valence-corrected chi connectivity index (χ0v) is 33.2. The Morgan fingerprint density at radius 3 is 2.21 bits per heavy atom. The predicted molar refractivity (Wildman–Crippen MR) is 221 cm³/mol. The number of likely N-dealkylation sites (N-methyl/N-ethyl adjacent to an activating group) is 1. The van der Waals surface area contributed by atoms with Crippen molar-refractivity contribution < 1.29 is 28.6 Å². The smallest absolute Gasteiger partial charge is 0.262 e. The normalized spacial score (nSPS) is 12.8. The van der Waals surface area contributed by atoms with E-state index in [2.05, 4.69) is 71.6 Å². The first kappa shape index (κ1) is 41.8. The van der Waals surface area contributed by atoms with Gasteiger partial charge in [0, 0.05) is 80.4 Å². The van der Waals surface area contributed by atoms with Crippen molar-refractivity contribution in [1.29, 1.82) is 0 Å². The molecule has 1 N–H and O–H groups in total. The van der Waals surface area contributed by atoms with E-state index in [9.17, 15) is 14.4 Å². The van der Waals surface area contributed by atoms with Crippen LogP contribution in [0.2, 0.25) is 0 Å². The van der Waals surface area contributed by atoms with Gasteiger partial charge in [0.2, 0.25) is 11.8 Å². The Morgan fingerprint density at radius 1 is 0.839 bits per heavy atom. The van der Waals surface area contributed by atoms with Crippen LogP contribution in [0.4, 0.5) is 0 Å². The molecule has 1 aliphatic heterocycles. The summed E-state index contributed by atoms with van der Waals surface area (Å²) in [5, 5.41) is 4.90. The molecular formula is C45H55N5O6. The maximum Gasteiger partial charge on any atom is 0.262 e. The lowest BCUT2D eigenvalue weighted by molar-refractivity contribution is -0.124. The van der Waals surface area contributed by atoms with E-state index in [1.165, 1.54) is 60.1 Å². The molecule has 1 unspecified atom stereocenters. The summed E-state index contributed by atoms with van der Waals surface area (Å²) in [5.74, 6) is -0.561. The van der Waals surface area contributed by atoms with Gasteiger partial charge in [-0.15, -0.1) is 6.58 Å². The molecule has 0 radical (unpaired) electrons. The van der Waals surface area contributed by atoms with E-state index in [4.69, 9.17) is 14.2 Å². The highest BCUT2D eigenvalue weighted by molar-refractivity contribution is 6.22. The molecule has 0 saturated carbocycles. The van der Waals surface area contributed by atoms with Gasteiger partial charge in [-0.2, -0.15) is 0 Å². The Morgan fingerprint density at radius 2 is 1.54 bits per heavy atom. The number of nitrogens with one attached hydrogen (secondary N) is 1. The van der Waals surface area contributed by atoms with Crippen LogP contribution in [-0.2, 0) is 21.3 Å². The molecule has 1 atom stereocenters. The summed E-state index contributed by atoms with van der Waals surface area (Å²) in [5.41, 5.74) is 6.49. The van der Waals surface area contributed by atoms with Crippen molar-refractivity contribution in [2.75, 3.05) is 40.1 Å². The first-order valence-corrected chi connectivity index (χ1v) is 19.7. The highest BCUT2D eigenvalue weighted by atomic mass is 16.5. The first-order valence-electron chi connectivity index (χ1n) is 19.7. The number of aryl methyl sites for hydroxylation is 2. The number of imide groups is 1. The minimum absolute atomic E-state index is 0.346. The summed E-state index contributed by atoms with van der Waals surface area (Å²) in [7, 11) is 3.60. The van der Waals surface area contributed by atoms with Crippen LogP contribution >= 0.6 is 0 Å². The lowest BCUT2D eigenvalue weighted by atomic mass is 10.1. The quantitative estimate of drug-likeness (QED) is 0.0478. The molecule has 3 aromatic heterocycles. The van der Waals surface area contributed by atoms with Crippen LogP contribution in [0.25, 0.3) is 32.9 Å². The molecule has 2 aromatic carbocycles. The Kier molecular flexibility index (Phi) is 15.7. The second-order valence-corrected chi connectivity index (χ2v) is 13.9. The van der Waals surface area contributed by atoms with Gasteiger partial charge in [-0.25, -0.2) is 4.98 Å². The van der Waals surface area contributed by atoms with Gasteiger partial charge in [0.1, 0.15) is 12.6 Å². The van der Waals surface area contributed by atoms with E-state index in [-0.39, 0.29) is 5.91 Å². The number of allylic oxidation sites excluding steroid dienone is 1. The Labute approximate surface area is 330 Å². The molecule has 56 heavy (non-hydrogen) atoms. The summed E-state index contributed by atoms with van der Waals surface area (Å²) in [6.07, 6.45) is 15.6. The maximum absolute atomic E-state index is 12.3. The van der Waals surface area contributed by atoms with Crippen LogP contribution in [-0.4, -0.2) is 83.3 Å². The van der Waals surface area contributed by atoms with Crippen molar-refractivity contribution in [3.63, 3.8) is 0 Å². The van der Waals surface area contributed by atoms with Gasteiger partial charge < -0.3 is 24.1 Å². The number of hydrogen-bond donors (Lipinski definition) is 1. The third kappa shape index (κ3) is 10.3.